The summed E-state index contributed by atoms with van der Waals surface area (Å²) in [4.78, 5) is 22.8. The lowest BCUT2D eigenvalue weighted by Crippen LogP contribution is -2.34. The summed E-state index contributed by atoms with van der Waals surface area (Å²) in [5.41, 5.74) is 7.55. The summed E-state index contributed by atoms with van der Waals surface area (Å²) in [6.45, 7) is 4.23. The van der Waals surface area contributed by atoms with Gasteiger partial charge in [0.05, 0.1) is 19.6 Å². The van der Waals surface area contributed by atoms with Gasteiger partial charge in [-0.05, 0) is 31.4 Å². The Morgan fingerprint density at radius 3 is 2.15 bits per heavy atom. The van der Waals surface area contributed by atoms with Crippen LogP contribution in [0.4, 0.5) is 0 Å². The second kappa shape index (κ2) is 8.32. The number of esters is 2. The van der Waals surface area contributed by atoms with Crippen molar-refractivity contribution in [2.75, 3.05) is 13.2 Å². The van der Waals surface area contributed by atoms with Crippen molar-refractivity contribution in [3.63, 3.8) is 0 Å². The molecule has 0 saturated carbocycles. The molecule has 0 fully saturated rings. The monoisotopic (exact) mass is 279 g/mol. The predicted molar refractivity (Wildman–Crippen MR) is 75.1 cm³/mol. The molecule has 0 amide bonds. The molecule has 0 aromatic heterocycles. The van der Waals surface area contributed by atoms with E-state index < -0.39 is 12.0 Å². The van der Waals surface area contributed by atoms with E-state index >= 15 is 0 Å². The van der Waals surface area contributed by atoms with Gasteiger partial charge in [0.25, 0.3) is 0 Å². The van der Waals surface area contributed by atoms with Crippen LogP contribution in [0, 0.1) is 0 Å². The van der Waals surface area contributed by atoms with Crippen LogP contribution < -0.4 is 5.73 Å². The number of hydrogen-bond donors (Lipinski definition) is 1. The lowest BCUT2D eigenvalue weighted by atomic mass is 10.0. The van der Waals surface area contributed by atoms with Crippen molar-refractivity contribution in [3.8, 4) is 0 Å². The average molecular weight is 279 g/mol. The van der Waals surface area contributed by atoms with Crippen LogP contribution >= 0.6 is 0 Å². The van der Waals surface area contributed by atoms with Crippen molar-refractivity contribution >= 4 is 11.9 Å². The number of rotatable bonds is 7. The molecule has 5 heteroatoms. The van der Waals surface area contributed by atoms with Gasteiger partial charge in [0.15, 0.2) is 0 Å². The van der Waals surface area contributed by atoms with Gasteiger partial charge in [-0.3, -0.25) is 9.59 Å². The van der Waals surface area contributed by atoms with Crippen molar-refractivity contribution in [2.24, 2.45) is 5.73 Å². The fraction of sp³-hybridized carbons (Fsp3) is 0.467. The van der Waals surface area contributed by atoms with Gasteiger partial charge in [-0.15, -0.1) is 0 Å². The number of benzene rings is 1. The van der Waals surface area contributed by atoms with Crippen molar-refractivity contribution in [1.82, 2.24) is 0 Å². The number of nitrogens with two attached hydrogens (primary N) is 1. The van der Waals surface area contributed by atoms with Crippen LogP contribution in [0.3, 0.4) is 0 Å². The van der Waals surface area contributed by atoms with Crippen LogP contribution in [0.15, 0.2) is 24.3 Å². The molecule has 0 heterocycles. The van der Waals surface area contributed by atoms with E-state index in [9.17, 15) is 9.59 Å². The minimum absolute atomic E-state index is 0.247. The van der Waals surface area contributed by atoms with Crippen LogP contribution in [-0.4, -0.2) is 31.2 Å². The Hall–Kier alpha value is -1.88. The largest absolute Gasteiger partial charge is 0.466 e. The van der Waals surface area contributed by atoms with Crippen LogP contribution in [-0.2, 0) is 31.9 Å². The summed E-state index contributed by atoms with van der Waals surface area (Å²) in [5.74, 6) is -0.647. The molecule has 2 N–H and O–H groups in total. The maximum Gasteiger partial charge on any atom is 0.323 e. The molecule has 1 aromatic rings. The Morgan fingerprint density at radius 1 is 1.05 bits per heavy atom. The van der Waals surface area contributed by atoms with Gasteiger partial charge in [-0.2, -0.15) is 0 Å². The second-order valence-corrected chi connectivity index (χ2v) is 4.36. The van der Waals surface area contributed by atoms with Crippen molar-refractivity contribution in [1.29, 1.82) is 0 Å². The van der Waals surface area contributed by atoms with Gasteiger partial charge >= 0.3 is 11.9 Å². The Kier molecular flexibility index (Phi) is 6.73. The molecular formula is C15H21NO4. The molecule has 0 bridgehead atoms. The summed E-state index contributed by atoms with van der Waals surface area (Å²) < 4.78 is 9.73. The lowest BCUT2D eigenvalue weighted by molar-refractivity contribution is -0.144. The quantitative estimate of drug-likeness (QED) is 0.759. The van der Waals surface area contributed by atoms with E-state index in [1.165, 1.54) is 0 Å². The summed E-state index contributed by atoms with van der Waals surface area (Å²) >= 11 is 0. The van der Waals surface area contributed by atoms with E-state index in [2.05, 4.69) is 0 Å². The summed E-state index contributed by atoms with van der Waals surface area (Å²) in [6, 6.07) is 6.72. The molecule has 0 aliphatic heterocycles. The average Bonchev–Trinajstić information content (AvgIpc) is 2.41. The second-order valence-electron chi connectivity index (χ2n) is 4.36. The third-order valence-corrected chi connectivity index (χ3v) is 2.72. The van der Waals surface area contributed by atoms with E-state index in [1.807, 2.05) is 24.3 Å². The van der Waals surface area contributed by atoms with E-state index in [0.717, 1.165) is 11.1 Å². The number of carbonyl (C=O) groups excluding carboxylic acids is 2. The SMILES string of the molecule is CCOC(=O)Cc1ccc(C[C@H](N)C(=O)OCC)cc1. The highest BCUT2D eigenvalue weighted by Crippen LogP contribution is 2.08. The van der Waals surface area contributed by atoms with Crippen molar-refractivity contribution in [2.45, 2.75) is 32.7 Å². The van der Waals surface area contributed by atoms with E-state index in [0.29, 0.717) is 19.6 Å². The van der Waals surface area contributed by atoms with Gasteiger partial charge in [0, 0.05) is 0 Å². The minimum Gasteiger partial charge on any atom is -0.466 e. The third-order valence-electron chi connectivity index (χ3n) is 2.72. The van der Waals surface area contributed by atoms with Crippen LogP contribution in [0.2, 0.25) is 0 Å². The van der Waals surface area contributed by atoms with E-state index in [1.54, 1.807) is 13.8 Å². The first kappa shape index (κ1) is 16.2. The Balaban J connectivity index is 2.54. The molecule has 0 radical (unpaired) electrons. The van der Waals surface area contributed by atoms with Gasteiger partial charge in [-0.25, -0.2) is 0 Å². The molecule has 1 atom stereocenters. The zero-order valence-electron chi connectivity index (χ0n) is 11.9. The molecule has 1 rings (SSSR count). The fourth-order valence-electron chi connectivity index (χ4n) is 1.76. The number of hydrogen-bond acceptors (Lipinski definition) is 5. The fourth-order valence-corrected chi connectivity index (χ4v) is 1.76. The standard InChI is InChI=1S/C15H21NO4/c1-3-19-14(17)10-12-7-5-11(6-8-12)9-13(16)15(18)20-4-2/h5-8,13H,3-4,9-10,16H2,1-2H3/t13-/m0/s1. The lowest BCUT2D eigenvalue weighted by Gasteiger charge is -2.10. The zero-order valence-corrected chi connectivity index (χ0v) is 11.9. The predicted octanol–water partition coefficient (Wildman–Crippen LogP) is 1.23. The third kappa shape index (κ3) is 5.40. The molecule has 1 aromatic carbocycles. The first-order valence-electron chi connectivity index (χ1n) is 6.72. The molecule has 110 valence electrons. The molecule has 0 aliphatic rings. The van der Waals surface area contributed by atoms with E-state index in [-0.39, 0.29) is 12.4 Å². The van der Waals surface area contributed by atoms with Crippen molar-refractivity contribution < 1.29 is 19.1 Å². The Morgan fingerprint density at radius 2 is 1.60 bits per heavy atom. The van der Waals surface area contributed by atoms with Crippen LogP contribution in [0.5, 0.6) is 0 Å². The molecule has 0 saturated heterocycles. The van der Waals surface area contributed by atoms with Crippen LogP contribution in [0.1, 0.15) is 25.0 Å². The molecule has 20 heavy (non-hydrogen) atoms. The highest BCUT2D eigenvalue weighted by atomic mass is 16.5. The molecular weight excluding hydrogens is 258 g/mol. The number of carbonyl (C=O) groups is 2. The normalized spacial score (nSPS) is 11.8. The molecule has 0 unspecified atom stereocenters. The smallest absolute Gasteiger partial charge is 0.323 e. The van der Waals surface area contributed by atoms with Gasteiger partial charge < -0.3 is 15.2 Å². The summed E-state index contributed by atoms with van der Waals surface area (Å²) in [7, 11) is 0. The van der Waals surface area contributed by atoms with Gasteiger partial charge in [0.2, 0.25) is 0 Å². The first-order chi connectivity index (χ1) is 9.56. The maximum absolute atomic E-state index is 11.4. The summed E-state index contributed by atoms with van der Waals surface area (Å²) in [6.07, 6.45) is 0.663. The van der Waals surface area contributed by atoms with Gasteiger partial charge in [-0.1, -0.05) is 24.3 Å². The van der Waals surface area contributed by atoms with E-state index in [4.69, 9.17) is 15.2 Å². The van der Waals surface area contributed by atoms with Crippen LogP contribution in [0.25, 0.3) is 0 Å². The number of ether oxygens (including phenoxy) is 2. The van der Waals surface area contributed by atoms with Gasteiger partial charge in [0.1, 0.15) is 6.04 Å². The summed E-state index contributed by atoms with van der Waals surface area (Å²) in [5, 5.41) is 0. The molecule has 5 nitrogen and oxygen atoms in total. The molecule has 0 spiro atoms. The minimum atomic E-state index is -0.661. The first-order valence-corrected chi connectivity index (χ1v) is 6.72. The highest BCUT2D eigenvalue weighted by Gasteiger charge is 2.15. The highest BCUT2D eigenvalue weighted by molar-refractivity contribution is 5.76. The topological polar surface area (TPSA) is 78.6 Å². The Labute approximate surface area is 119 Å². The zero-order chi connectivity index (χ0) is 15.0. The maximum atomic E-state index is 11.4. The van der Waals surface area contributed by atoms with Crippen molar-refractivity contribution in [3.05, 3.63) is 35.4 Å². The Bertz CT molecular complexity index is 442. The molecule has 0 aliphatic carbocycles.